The monoisotopic (exact) mass is 272 g/mol. The number of thiazole rings is 1. The van der Waals surface area contributed by atoms with Gasteiger partial charge < -0.3 is 5.73 Å². The summed E-state index contributed by atoms with van der Waals surface area (Å²) in [5.41, 5.74) is 10.1. The molecule has 0 spiro atoms. The standard InChI is InChI=1S/C16H20N2S/c1-2-5-14-15(10-17)19-16(18-14)13-9-8-11-6-3-4-7-12(11)13/h3-4,6-7,13H,2,5,8-10,17H2,1H3. The van der Waals surface area contributed by atoms with Gasteiger partial charge >= 0.3 is 0 Å². The van der Waals surface area contributed by atoms with Gasteiger partial charge in [-0.3, -0.25) is 0 Å². The number of nitrogens with two attached hydrogens (primary N) is 1. The molecule has 0 saturated carbocycles. The number of hydrogen-bond donors (Lipinski definition) is 1. The van der Waals surface area contributed by atoms with Gasteiger partial charge in [0.2, 0.25) is 0 Å². The molecule has 2 N–H and O–H groups in total. The number of aromatic nitrogens is 1. The van der Waals surface area contributed by atoms with Crippen molar-refractivity contribution in [2.24, 2.45) is 5.73 Å². The first kappa shape index (κ1) is 12.8. The van der Waals surface area contributed by atoms with E-state index >= 15 is 0 Å². The number of fused-ring (bicyclic) bond motifs is 1. The molecule has 0 bridgehead atoms. The lowest BCUT2D eigenvalue weighted by atomic mass is 10.0. The molecule has 0 saturated heterocycles. The van der Waals surface area contributed by atoms with E-state index < -0.39 is 0 Å². The Morgan fingerprint density at radius 2 is 2.21 bits per heavy atom. The van der Waals surface area contributed by atoms with Gasteiger partial charge in [0, 0.05) is 17.3 Å². The Kier molecular flexibility index (Phi) is 3.67. The minimum Gasteiger partial charge on any atom is -0.326 e. The first-order chi connectivity index (χ1) is 9.33. The molecule has 0 amide bonds. The van der Waals surface area contributed by atoms with E-state index in [9.17, 15) is 0 Å². The summed E-state index contributed by atoms with van der Waals surface area (Å²) in [6, 6.07) is 8.79. The highest BCUT2D eigenvalue weighted by molar-refractivity contribution is 7.11. The maximum atomic E-state index is 5.86. The Balaban J connectivity index is 1.95. The molecule has 1 aliphatic rings. The average Bonchev–Trinajstić information content (AvgIpc) is 3.02. The summed E-state index contributed by atoms with van der Waals surface area (Å²) in [5, 5.41) is 1.27. The summed E-state index contributed by atoms with van der Waals surface area (Å²) >= 11 is 1.82. The van der Waals surface area contributed by atoms with Gasteiger partial charge in [-0.15, -0.1) is 11.3 Å². The molecule has 1 atom stereocenters. The van der Waals surface area contributed by atoms with Crippen molar-refractivity contribution >= 4 is 11.3 Å². The first-order valence-electron chi connectivity index (χ1n) is 7.09. The van der Waals surface area contributed by atoms with Gasteiger partial charge in [0.25, 0.3) is 0 Å². The van der Waals surface area contributed by atoms with Crippen LogP contribution in [0.5, 0.6) is 0 Å². The lowest BCUT2D eigenvalue weighted by Crippen LogP contribution is -1.98. The van der Waals surface area contributed by atoms with Gasteiger partial charge in [0.15, 0.2) is 0 Å². The zero-order valence-electron chi connectivity index (χ0n) is 11.4. The Hall–Kier alpha value is -1.19. The molecule has 2 aromatic rings. The normalized spacial score (nSPS) is 17.7. The zero-order valence-corrected chi connectivity index (χ0v) is 12.2. The first-order valence-corrected chi connectivity index (χ1v) is 7.91. The van der Waals surface area contributed by atoms with Crippen LogP contribution >= 0.6 is 11.3 Å². The quantitative estimate of drug-likeness (QED) is 0.923. The average molecular weight is 272 g/mol. The summed E-state index contributed by atoms with van der Waals surface area (Å²) in [6.07, 6.45) is 4.57. The number of benzene rings is 1. The minimum atomic E-state index is 0.497. The van der Waals surface area contributed by atoms with Crippen molar-refractivity contribution in [3.05, 3.63) is 51.0 Å². The fraction of sp³-hybridized carbons (Fsp3) is 0.438. The zero-order chi connectivity index (χ0) is 13.2. The third-order valence-electron chi connectivity index (χ3n) is 3.90. The number of aryl methyl sites for hydroxylation is 2. The van der Waals surface area contributed by atoms with E-state index in [1.54, 1.807) is 0 Å². The SMILES string of the molecule is CCCc1nc(C2CCc3ccccc32)sc1CN. The highest BCUT2D eigenvalue weighted by Crippen LogP contribution is 2.40. The van der Waals surface area contributed by atoms with Crippen LogP contribution in [-0.4, -0.2) is 4.98 Å². The fourth-order valence-electron chi connectivity index (χ4n) is 2.96. The fourth-order valence-corrected chi connectivity index (χ4v) is 4.10. The lowest BCUT2D eigenvalue weighted by molar-refractivity contribution is 0.768. The summed E-state index contributed by atoms with van der Waals surface area (Å²) < 4.78 is 0. The molecule has 1 heterocycles. The summed E-state index contributed by atoms with van der Waals surface area (Å²) in [6.45, 7) is 2.82. The Labute approximate surface area is 118 Å². The van der Waals surface area contributed by atoms with Crippen LogP contribution in [0.25, 0.3) is 0 Å². The minimum absolute atomic E-state index is 0.497. The Morgan fingerprint density at radius 3 is 3.00 bits per heavy atom. The number of hydrogen-bond acceptors (Lipinski definition) is 3. The van der Waals surface area contributed by atoms with Gasteiger partial charge in [-0.05, 0) is 30.4 Å². The Bertz CT molecular complexity index is 574. The van der Waals surface area contributed by atoms with Gasteiger partial charge in [-0.2, -0.15) is 0 Å². The molecule has 1 aliphatic carbocycles. The maximum Gasteiger partial charge on any atom is 0.101 e. The van der Waals surface area contributed by atoms with Crippen molar-refractivity contribution in [3.63, 3.8) is 0 Å². The highest BCUT2D eigenvalue weighted by Gasteiger charge is 2.26. The molecule has 1 aromatic heterocycles. The van der Waals surface area contributed by atoms with Crippen molar-refractivity contribution < 1.29 is 0 Å². The second-order valence-electron chi connectivity index (χ2n) is 5.17. The van der Waals surface area contributed by atoms with E-state index in [2.05, 4.69) is 31.2 Å². The van der Waals surface area contributed by atoms with Gasteiger partial charge in [0.1, 0.15) is 5.01 Å². The molecule has 19 heavy (non-hydrogen) atoms. The highest BCUT2D eigenvalue weighted by atomic mass is 32.1. The number of nitrogens with zero attached hydrogens (tertiary/aromatic N) is 1. The van der Waals surface area contributed by atoms with Crippen LogP contribution in [0.15, 0.2) is 24.3 Å². The second-order valence-corrected chi connectivity index (χ2v) is 6.28. The number of rotatable bonds is 4. The molecular weight excluding hydrogens is 252 g/mol. The van der Waals surface area contributed by atoms with Crippen molar-refractivity contribution in [2.45, 2.75) is 45.1 Å². The van der Waals surface area contributed by atoms with E-state index in [0.29, 0.717) is 12.5 Å². The smallest absolute Gasteiger partial charge is 0.101 e. The van der Waals surface area contributed by atoms with Gasteiger partial charge in [-0.1, -0.05) is 37.6 Å². The molecule has 0 radical (unpaired) electrons. The van der Waals surface area contributed by atoms with E-state index in [4.69, 9.17) is 10.7 Å². The summed E-state index contributed by atoms with van der Waals surface area (Å²) in [5.74, 6) is 0.497. The van der Waals surface area contributed by atoms with Crippen molar-refractivity contribution in [1.29, 1.82) is 0 Å². The third kappa shape index (κ3) is 2.33. The van der Waals surface area contributed by atoms with E-state index in [1.165, 1.54) is 39.5 Å². The molecule has 0 aliphatic heterocycles. The predicted octanol–water partition coefficient (Wildman–Crippen LogP) is 3.63. The summed E-state index contributed by atoms with van der Waals surface area (Å²) in [4.78, 5) is 6.17. The van der Waals surface area contributed by atoms with Crippen LogP contribution in [0, 0.1) is 0 Å². The molecular formula is C16H20N2S. The largest absolute Gasteiger partial charge is 0.326 e. The lowest BCUT2D eigenvalue weighted by Gasteiger charge is -2.07. The van der Waals surface area contributed by atoms with Gasteiger partial charge in [-0.25, -0.2) is 4.98 Å². The van der Waals surface area contributed by atoms with Crippen LogP contribution in [0.1, 0.15) is 52.4 Å². The third-order valence-corrected chi connectivity index (χ3v) is 5.13. The molecule has 1 aromatic carbocycles. The van der Waals surface area contributed by atoms with Crippen LogP contribution < -0.4 is 5.73 Å². The van der Waals surface area contributed by atoms with Crippen molar-refractivity contribution in [3.8, 4) is 0 Å². The van der Waals surface area contributed by atoms with Crippen molar-refractivity contribution in [1.82, 2.24) is 4.98 Å². The van der Waals surface area contributed by atoms with Crippen LogP contribution in [0.2, 0.25) is 0 Å². The maximum absolute atomic E-state index is 5.86. The van der Waals surface area contributed by atoms with E-state index in [-0.39, 0.29) is 0 Å². The molecule has 3 rings (SSSR count). The van der Waals surface area contributed by atoms with Gasteiger partial charge in [0.05, 0.1) is 5.69 Å². The Morgan fingerprint density at radius 1 is 1.37 bits per heavy atom. The molecule has 3 heteroatoms. The molecule has 0 fully saturated rings. The predicted molar refractivity (Wildman–Crippen MR) is 80.6 cm³/mol. The molecule has 100 valence electrons. The van der Waals surface area contributed by atoms with Crippen molar-refractivity contribution in [2.75, 3.05) is 0 Å². The molecule has 1 unspecified atom stereocenters. The molecule has 2 nitrogen and oxygen atoms in total. The van der Waals surface area contributed by atoms with Crippen LogP contribution in [0.3, 0.4) is 0 Å². The van der Waals surface area contributed by atoms with E-state index in [1.807, 2.05) is 11.3 Å². The topological polar surface area (TPSA) is 38.9 Å². The van der Waals surface area contributed by atoms with E-state index in [0.717, 1.165) is 12.8 Å². The second kappa shape index (κ2) is 5.43. The summed E-state index contributed by atoms with van der Waals surface area (Å²) in [7, 11) is 0. The van der Waals surface area contributed by atoms with Crippen LogP contribution in [0.4, 0.5) is 0 Å². The van der Waals surface area contributed by atoms with Crippen LogP contribution in [-0.2, 0) is 19.4 Å².